The molecule has 1 N–H and O–H groups in total. The molecule has 194 valence electrons. The van der Waals surface area contributed by atoms with Gasteiger partial charge in [0.05, 0.1) is 12.1 Å². The molecular formula is C27H39F3N4O. The van der Waals surface area contributed by atoms with Gasteiger partial charge < -0.3 is 4.90 Å². The second kappa shape index (κ2) is 13.5. The summed E-state index contributed by atoms with van der Waals surface area (Å²) < 4.78 is 39.6. The molecule has 2 aliphatic rings. The summed E-state index contributed by atoms with van der Waals surface area (Å²) in [7, 11) is 2.01. The van der Waals surface area contributed by atoms with Crippen LogP contribution < -0.4 is 0 Å². The van der Waals surface area contributed by atoms with Gasteiger partial charge in [-0.3, -0.25) is 14.8 Å². The maximum atomic E-state index is 13.2. The number of fused-ring (bicyclic) bond motifs is 1. The molecule has 2 aliphatic heterocycles. The third-order valence-corrected chi connectivity index (χ3v) is 6.41. The molecule has 1 saturated heterocycles. The van der Waals surface area contributed by atoms with E-state index in [1.807, 2.05) is 39.6 Å². The first-order valence-electron chi connectivity index (χ1n) is 12.5. The van der Waals surface area contributed by atoms with Gasteiger partial charge in [-0.1, -0.05) is 31.6 Å². The van der Waals surface area contributed by atoms with Gasteiger partial charge in [-0.2, -0.15) is 18.3 Å². The SMILES string of the molecule is C/C=C\C=C=C/C(CC(F)(F)F)=C(\C)C1CCCN(C(=O)c2n[nH]c3c2CN(C)C3)CCC1.CC. The normalized spacial score (nSPS) is 18.1. The lowest BCUT2D eigenvalue weighted by Crippen LogP contribution is -2.35. The zero-order chi connectivity index (χ0) is 26.0. The standard InChI is InChI=1S/C25H33F3N4O.C2H6/c1-4-5-6-7-10-20(15-25(26,27)28)18(2)19-11-8-13-32(14-9-12-19)24(33)23-21-16-31(3)17-22(21)29-30-23;1-2/h4-6,10,19H,8-9,11-17H2,1-3H3,(H,29,30);1-2H3/b5-4-,20-18-;. The van der Waals surface area contributed by atoms with Gasteiger partial charge in [0.15, 0.2) is 5.69 Å². The van der Waals surface area contributed by atoms with Gasteiger partial charge in [-0.05, 0) is 70.2 Å². The number of hydrogen-bond acceptors (Lipinski definition) is 3. The number of aromatic amines is 1. The Morgan fingerprint density at radius 2 is 1.86 bits per heavy atom. The number of nitrogens with zero attached hydrogens (tertiary/aromatic N) is 3. The van der Waals surface area contributed by atoms with E-state index in [2.05, 4.69) is 20.8 Å². The van der Waals surface area contributed by atoms with Crippen LogP contribution in [0.5, 0.6) is 0 Å². The molecule has 35 heavy (non-hydrogen) atoms. The molecule has 1 aromatic heterocycles. The highest BCUT2D eigenvalue weighted by atomic mass is 19.4. The maximum Gasteiger partial charge on any atom is 0.393 e. The fourth-order valence-corrected chi connectivity index (χ4v) is 4.66. The Morgan fingerprint density at radius 1 is 1.20 bits per heavy atom. The van der Waals surface area contributed by atoms with E-state index in [9.17, 15) is 18.0 Å². The quantitative estimate of drug-likeness (QED) is 0.374. The zero-order valence-corrected chi connectivity index (χ0v) is 21.6. The smallest absolute Gasteiger partial charge is 0.337 e. The largest absolute Gasteiger partial charge is 0.393 e. The molecule has 0 bridgehead atoms. The highest BCUT2D eigenvalue weighted by Gasteiger charge is 2.31. The Balaban J connectivity index is 0.00000210. The van der Waals surface area contributed by atoms with Gasteiger partial charge in [0, 0.05) is 31.7 Å². The third-order valence-electron chi connectivity index (χ3n) is 6.41. The second-order valence-electron chi connectivity index (χ2n) is 8.98. The monoisotopic (exact) mass is 492 g/mol. The molecule has 1 amide bonds. The lowest BCUT2D eigenvalue weighted by atomic mass is 9.85. The molecule has 0 aliphatic carbocycles. The zero-order valence-electron chi connectivity index (χ0n) is 21.6. The predicted octanol–water partition coefficient (Wildman–Crippen LogP) is 6.57. The first-order valence-corrected chi connectivity index (χ1v) is 12.5. The van der Waals surface area contributed by atoms with Gasteiger partial charge in [0.1, 0.15) is 0 Å². The molecule has 1 fully saturated rings. The van der Waals surface area contributed by atoms with E-state index in [4.69, 9.17) is 0 Å². The van der Waals surface area contributed by atoms with Crippen molar-refractivity contribution in [1.82, 2.24) is 20.0 Å². The topological polar surface area (TPSA) is 52.2 Å². The van der Waals surface area contributed by atoms with Crippen LogP contribution in [0.1, 0.15) is 81.5 Å². The van der Waals surface area contributed by atoms with Crippen LogP contribution in [0.2, 0.25) is 0 Å². The molecule has 3 heterocycles. The van der Waals surface area contributed by atoms with E-state index in [-0.39, 0.29) is 17.4 Å². The summed E-state index contributed by atoms with van der Waals surface area (Å²) in [6.07, 6.45) is 4.42. The van der Waals surface area contributed by atoms with Crippen molar-refractivity contribution in [3.8, 4) is 0 Å². The van der Waals surface area contributed by atoms with Crippen molar-refractivity contribution in [2.75, 3.05) is 20.1 Å². The van der Waals surface area contributed by atoms with Crippen molar-refractivity contribution in [3.05, 3.63) is 58.1 Å². The number of carbonyl (C=O) groups excluding carboxylic acids is 1. The summed E-state index contributed by atoms with van der Waals surface area (Å²) in [5.41, 5.74) is 6.42. The van der Waals surface area contributed by atoms with Crippen LogP contribution in [0.15, 0.2) is 41.2 Å². The summed E-state index contributed by atoms with van der Waals surface area (Å²) in [5, 5.41) is 7.26. The van der Waals surface area contributed by atoms with Crippen LogP contribution in [0.25, 0.3) is 0 Å². The van der Waals surface area contributed by atoms with Crippen molar-refractivity contribution in [1.29, 1.82) is 0 Å². The number of alkyl halides is 3. The third kappa shape index (κ3) is 8.25. The molecule has 0 radical (unpaired) electrons. The van der Waals surface area contributed by atoms with Crippen LogP contribution in [-0.4, -0.2) is 52.2 Å². The molecule has 0 aromatic carbocycles. The van der Waals surface area contributed by atoms with Crippen molar-refractivity contribution in [3.63, 3.8) is 0 Å². The average molecular weight is 493 g/mol. The molecule has 0 unspecified atom stereocenters. The van der Waals surface area contributed by atoms with E-state index >= 15 is 0 Å². The number of rotatable bonds is 5. The Bertz CT molecular complexity index is 958. The molecular weight excluding hydrogens is 453 g/mol. The minimum atomic E-state index is -4.27. The van der Waals surface area contributed by atoms with Gasteiger partial charge in [-0.25, -0.2) is 0 Å². The van der Waals surface area contributed by atoms with Crippen molar-refractivity contribution >= 4 is 5.91 Å². The van der Waals surface area contributed by atoms with Crippen molar-refractivity contribution < 1.29 is 18.0 Å². The fourth-order valence-electron chi connectivity index (χ4n) is 4.66. The second-order valence-corrected chi connectivity index (χ2v) is 8.98. The Morgan fingerprint density at radius 3 is 2.46 bits per heavy atom. The number of likely N-dealkylation sites (tertiary alicyclic amines) is 1. The highest BCUT2D eigenvalue weighted by Crippen LogP contribution is 2.33. The van der Waals surface area contributed by atoms with Gasteiger partial charge in [0.25, 0.3) is 5.91 Å². The lowest BCUT2D eigenvalue weighted by Gasteiger charge is -2.29. The van der Waals surface area contributed by atoms with E-state index in [1.165, 1.54) is 6.08 Å². The molecule has 1 aromatic rings. The number of amides is 1. The first kappa shape index (κ1) is 28.7. The molecule has 0 saturated carbocycles. The number of halogens is 3. The Labute approximate surface area is 207 Å². The van der Waals surface area contributed by atoms with Crippen LogP contribution >= 0.6 is 0 Å². The first-order chi connectivity index (χ1) is 16.7. The van der Waals surface area contributed by atoms with E-state index in [0.29, 0.717) is 25.3 Å². The number of hydrogen-bond donors (Lipinski definition) is 1. The number of nitrogens with one attached hydrogen (secondary N) is 1. The number of H-pyrrole nitrogens is 1. The van der Waals surface area contributed by atoms with Crippen molar-refractivity contribution in [2.45, 2.75) is 79.1 Å². The van der Waals surface area contributed by atoms with Crippen LogP contribution in [0.4, 0.5) is 13.2 Å². The van der Waals surface area contributed by atoms with Crippen LogP contribution in [0.3, 0.4) is 0 Å². The van der Waals surface area contributed by atoms with E-state index < -0.39 is 12.6 Å². The molecule has 3 rings (SSSR count). The summed E-state index contributed by atoms with van der Waals surface area (Å²) in [4.78, 5) is 17.1. The Hall–Kier alpha value is -2.57. The van der Waals surface area contributed by atoms with E-state index in [0.717, 1.165) is 49.1 Å². The Kier molecular flexibility index (Phi) is 11.1. The molecule has 0 atom stereocenters. The summed E-state index contributed by atoms with van der Waals surface area (Å²) >= 11 is 0. The minimum Gasteiger partial charge on any atom is -0.337 e. The number of aromatic nitrogens is 2. The van der Waals surface area contributed by atoms with Gasteiger partial charge in [-0.15, -0.1) is 5.73 Å². The summed E-state index contributed by atoms with van der Waals surface area (Å²) in [6, 6.07) is 0. The molecule has 8 heteroatoms. The predicted molar refractivity (Wildman–Crippen MR) is 134 cm³/mol. The minimum absolute atomic E-state index is 0.0525. The van der Waals surface area contributed by atoms with Gasteiger partial charge >= 0.3 is 6.18 Å². The number of allylic oxidation sites excluding steroid dienone is 5. The lowest BCUT2D eigenvalue weighted by molar-refractivity contribution is -0.126. The average Bonchev–Trinajstić information content (AvgIpc) is 3.34. The number of carbonyl (C=O) groups is 1. The summed E-state index contributed by atoms with van der Waals surface area (Å²) in [6.45, 7) is 10.3. The van der Waals surface area contributed by atoms with E-state index in [1.54, 1.807) is 18.2 Å². The van der Waals surface area contributed by atoms with Crippen LogP contribution in [-0.2, 0) is 13.1 Å². The fraction of sp³-hybridized carbons (Fsp3) is 0.593. The van der Waals surface area contributed by atoms with Gasteiger partial charge in [0.2, 0.25) is 0 Å². The molecule has 0 spiro atoms. The maximum absolute atomic E-state index is 13.2. The van der Waals surface area contributed by atoms with Crippen LogP contribution in [0, 0.1) is 5.92 Å². The highest BCUT2D eigenvalue weighted by molar-refractivity contribution is 5.94. The molecule has 5 nitrogen and oxygen atoms in total. The summed E-state index contributed by atoms with van der Waals surface area (Å²) in [5.74, 6) is 0.0194. The van der Waals surface area contributed by atoms with Crippen molar-refractivity contribution in [2.24, 2.45) is 5.92 Å².